The van der Waals surface area contributed by atoms with Crippen LogP contribution in [0, 0.1) is 0 Å². The Balaban J connectivity index is 1.64. The van der Waals surface area contributed by atoms with Gasteiger partial charge in [0.15, 0.2) is 0 Å². The largest absolute Gasteiger partial charge is 0.450 e. The number of alkyl carbamates (subject to hydrolysis) is 1. The van der Waals surface area contributed by atoms with Gasteiger partial charge in [0.2, 0.25) is 0 Å². The topological polar surface area (TPSA) is 38.3 Å². The lowest BCUT2D eigenvalue weighted by atomic mass is 9.26. The second-order valence-electron chi connectivity index (χ2n) is 7.70. The highest BCUT2D eigenvalue weighted by Crippen LogP contribution is 2.47. The molecule has 1 amide bonds. The molecular weight excluding hydrogens is 249 g/mol. The second-order valence-corrected chi connectivity index (χ2v) is 7.70. The van der Waals surface area contributed by atoms with Crippen LogP contribution in [0.2, 0.25) is 18.0 Å². The summed E-state index contributed by atoms with van der Waals surface area (Å²) in [5.74, 6) is 1.93. The van der Waals surface area contributed by atoms with Gasteiger partial charge in [-0.05, 0) is 27.2 Å². The Bertz CT molecular complexity index is 305. The third-order valence-corrected chi connectivity index (χ3v) is 4.90. The van der Waals surface area contributed by atoms with Crippen molar-refractivity contribution in [3.05, 3.63) is 0 Å². The monoisotopic (exact) mass is 279 g/mol. The van der Waals surface area contributed by atoms with Crippen molar-refractivity contribution in [1.82, 2.24) is 5.32 Å². The molecular formula is C16H30BNO2. The molecule has 0 atom stereocenters. The fourth-order valence-electron chi connectivity index (χ4n) is 4.11. The number of amides is 1. The van der Waals surface area contributed by atoms with E-state index in [-0.39, 0.29) is 11.6 Å². The zero-order chi connectivity index (χ0) is 14.6. The molecule has 2 saturated heterocycles. The number of hydrogen-bond donors (Lipinski definition) is 1. The highest BCUT2D eigenvalue weighted by Gasteiger charge is 2.38. The van der Waals surface area contributed by atoms with Crippen molar-refractivity contribution >= 4 is 12.8 Å². The molecule has 0 aromatic rings. The molecule has 2 aliphatic heterocycles. The van der Waals surface area contributed by atoms with Crippen LogP contribution in [0.25, 0.3) is 0 Å². The smallest absolute Gasteiger partial charge is 0.407 e. The average molecular weight is 279 g/mol. The van der Waals surface area contributed by atoms with E-state index in [1.54, 1.807) is 0 Å². The maximum atomic E-state index is 11.6. The van der Waals surface area contributed by atoms with Gasteiger partial charge in [0.05, 0.1) is 6.61 Å². The lowest BCUT2D eigenvalue weighted by Gasteiger charge is -2.40. The zero-order valence-electron chi connectivity index (χ0n) is 13.4. The van der Waals surface area contributed by atoms with E-state index in [0.717, 1.165) is 24.8 Å². The van der Waals surface area contributed by atoms with Crippen LogP contribution in [-0.2, 0) is 4.74 Å². The third-order valence-electron chi connectivity index (χ3n) is 4.90. The van der Waals surface area contributed by atoms with Crippen molar-refractivity contribution in [3.8, 4) is 0 Å². The Morgan fingerprint density at radius 2 is 1.70 bits per heavy atom. The molecule has 2 aliphatic rings. The van der Waals surface area contributed by atoms with E-state index in [0.29, 0.717) is 6.61 Å². The van der Waals surface area contributed by atoms with Gasteiger partial charge < -0.3 is 10.1 Å². The molecule has 2 rings (SSSR count). The summed E-state index contributed by atoms with van der Waals surface area (Å²) < 4.78 is 5.28. The summed E-state index contributed by atoms with van der Waals surface area (Å²) in [7, 11) is 0. The average Bonchev–Trinajstić information content (AvgIpc) is 2.32. The Hall–Kier alpha value is -0.665. The van der Waals surface area contributed by atoms with Crippen LogP contribution in [0.4, 0.5) is 4.79 Å². The van der Waals surface area contributed by atoms with Gasteiger partial charge in [0, 0.05) is 5.54 Å². The highest BCUT2D eigenvalue weighted by molar-refractivity contribution is 6.62. The molecule has 0 saturated carbocycles. The Labute approximate surface area is 124 Å². The van der Waals surface area contributed by atoms with Gasteiger partial charge in [-0.3, -0.25) is 0 Å². The van der Waals surface area contributed by atoms with Crippen LogP contribution in [0.3, 0.4) is 0 Å². The molecule has 0 spiro atoms. The van der Waals surface area contributed by atoms with Crippen LogP contribution in [0.1, 0.15) is 65.7 Å². The number of nitrogens with one attached hydrogen (secondary N) is 1. The number of carbonyl (C=O) groups is 1. The summed E-state index contributed by atoms with van der Waals surface area (Å²) in [5, 5.41) is 2.84. The fourth-order valence-corrected chi connectivity index (χ4v) is 4.11. The molecule has 0 aromatic carbocycles. The minimum atomic E-state index is -0.277. The fraction of sp³-hybridized carbons (Fsp3) is 0.938. The van der Waals surface area contributed by atoms with Gasteiger partial charge in [0.25, 0.3) is 0 Å². The van der Waals surface area contributed by atoms with Crippen LogP contribution < -0.4 is 5.32 Å². The first-order valence-electron chi connectivity index (χ1n) is 8.40. The van der Waals surface area contributed by atoms with E-state index in [2.05, 4.69) is 5.32 Å². The summed E-state index contributed by atoms with van der Waals surface area (Å²) in [6.45, 7) is 7.39. The molecule has 0 unspecified atom stereocenters. The minimum Gasteiger partial charge on any atom is -0.450 e. The number of carbonyl (C=O) groups excluding carboxylic acids is 1. The third kappa shape index (κ3) is 4.71. The van der Waals surface area contributed by atoms with Crippen molar-refractivity contribution < 1.29 is 9.53 Å². The van der Waals surface area contributed by atoms with E-state index in [9.17, 15) is 4.79 Å². The van der Waals surface area contributed by atoms with Gasteiger partial charge in [-0.15, -0.1) is 0 Å². The van der Waals surface area contributed by atoms with Crippen molar-refractivity contribution in [3.63, 3.8) is 0 Å². The standard InChI is InChI=1S/C16H30BNO2/c1-16(2,3)18-15(19)20-12-6-11-17-13-7-4-8-14(17)10-5-9-13/h13-14H,4-12H2,1-3H3,(H,18,19). The quantitative estimate of drug-likeness (QED) is 0.607. The van der Waals surface area contributed by atoms with Gasteiger partial charge in [-0.25, -0.2) is 4.79 Å². The van der Waals surface area contributed by atoms with Crippen molar-refractivity contribution in [1.29, 1.82) is 0 Å². The lowest BCUT2D eigenvalue weighted by Crippen LogP contribution is -2.41. The van der Waals surface area contributed by atoms with Crippen molar-refractivity contribution in [2.75, 3.05) is 6.61 Å². The van der Waals surface area contributed by atoms with E-state index in [4.69, 9.17) is 4.74 Å². The van der Waals surface area contributed by atoms with E-state index in [1.807, 2.05) is 20.8 Å². The maximum absolute atomic E-state index is 11.6. The highest BCUT2D eigenvalue weighted by atomic mass is 16.5. The van der Waals surface area contributed by atoms with Gasteiger partial charge in [-0.2, -0.15) is 0 Å². The zero-order valence-corrected chi connectivity index (χ0v) is 13.4. The number of rotatable bonds is 4. The molecule has 114 valence electrons. The molecule has 2 fully saturated rings. The summed E-state index contributed by atoms with van der Waals surface area (Å²) in [6.07, 6.45) is 10.6. The number of ether oxygens (including phenoxy) is 1. The molecule has 20 heavy (non-hydrogen) atoms. The summed E-state index contributed by atoms with van der Waals surface area (Å²) in [6, 6.07) is 0. The molecule has 1 N–H and O–H groups in total. The molecule has 0 aliphatic carbocycles. The molecule has 4 heteroatoms. The van der Waals surface area contributed by atoms with E-state index in [1.165, 1.54) is 44.8 Å². The first-order chi connectivity index (χ1) is 9.46. The van der Waals surface area contributed by atoms with Crippen LogP contribution >= 0.6 is 0 Å². The van der Waals surface area contributed by atoms with Crippen LogP contribution in [-0.4, -0.2) is 25.0 Å². The first kappa shape index (κ1) is 15.7. The Morgan fingerprint density at radius 1 is 1.15 bits per heavy atom. The lowest BCUT2D eigenvalue weighted by molar-refractivity contribution is 0.137. The minimum absolute atomic E-state index is 0.211. The predicted octanol–water partition coefficient (Wildman–Crippen LogP) is 4.50. The molecule has 3 nitrogen and oxygen atoms in total. The second kappa shape index (κ2) is 6.86. The molecule has 2 bridgehead atoms. The van der Waals surface area contributed by atoms with Gasteiger partial charge in [0.1, 0.15) is 6.71 Å². The summed E-state index contributed by atoms with van der Waals surface area (Å²) in [5.41, 5.74) is -0.211. The van der Waals surface area contributed by atoms with Crippen LogP contribution in [0.5, 0.6) is 0 Å². The van der Waals surface area contributed by atoms with Crippen molar-refractivity contribution in [2.45, 2.75) is 89.2 Å². The SMILES string of the molecule is CC(C)(C)NC(=O)OCCCB1C2CCCC1CCC2. The van der Waals surface area contributed by atoms with E-state index < -0.39 is 0 Å². The van der Waals surface area contributed by atoms with Gasteiger partial charge in [-0.1, -0.05) is 56.5 Å². The summed E-state index contributed by atoms with van der Waals surface area (Å²) in [4.78, 5) is 11.6. The van der Waals surface area contributed by atoms with Crippen LogP contribution in [0.15, 0.2) is 0 Å². The molecule has 0 aromatic heterocycles. The molecule has 0 radical (unpaired) electrons. The predicted molar refractivity (Wildman–Crippen MR) is 84.6 cm³/mol. The number of hydrogen-bond acceptors (Lipinski definition) is 2. The Morgan fingerprint density at radius 3 is 2.20 bits per heavy atom. The number of fused-ring (bicyclic) bond motifs is 2. The maximum Gasteiger partial charge on any atom is 0.407 e. The normalized spacial score (nSPS) is 26.2. The first-order valence-corrected chi connectivity index (χ1v) is 8.40. The van der Waals surface area contributed by atoms with Crippen molar-refractivity contribution in [2.24, 2.45) is 0 Å². The molecule has 2 heterocycles. The van der Waals surface area contributed by atoms with E-state index >= 15 is 0 Å². The van der Waals surface area contributed by atoms with Gasteiger partial charge >= 0.3 is 6.09 Å². The summed E-state index contributed by atoms with van der Waals surface area (Å²) >= 11 is 0. The Kier molecular flexibility index (Phi) is 5.39.